The number of benzene rings is 10. The molecule has 312 valence electrons. The summed E-state index contributed by atoms with van der Waals surface area (Å²) in [7, 11) is 0. The van der Waals surface area contributed by atoms with Crippen LogP contribution >= 0.6 is 0 Å². The number of fused-ring (bicyclic) bond motifs is 12. The van der Waals surface area contributed by atoms with Crippen molar-refractivity contribution in [2.45, 2.75) is 24.7 Å². The number of hydrogen-bond acceptors (Lipinski definition) is 2. The quantitative estimate of drug-likeness (QED) is 0.165. The van der Waals surface area contributed by atoms with Gasteiger partial charge in [0.05, 0.1) is 28.2 Å². The van der Waals surface area contributed by atoms with E-state index in [-0.39, 0.29) is 5.41 Å². The first kappa shape index (κ1) is 38.3. The molecule has 0 atom stereocenters. The van der Waals surface area contributed by atoms with E-state index in [1.54, 1.807) is 0 Å². The molecule has 0 saturated heterocycles. The van der Waals surface area contributed by atoms with Crippen LogP contribution in [0.2, 0.25) is 0 Å². The number of hydrogen-bond donors (Lipinski definition) is 0. The van der Waals surface area contributed by atoms with E-state index < -0.39 is 5.41 Å². The first-order valence-corrected chi connectivity index (χ1v) is 23.1. The average Bonchev–Trinajstić information content (AvgIpc) is 3.80. The Bertz CT molecular complexity index is 3460. The topological polar surface area (TPSA) is 6.48 Å². The molecule has 0 amide bonds. The third-order valence-electron chi connectivity index (χ3n) is 14.7. The second kappa shape index (κ2) is 14.7. The molecule has 10 aromatic rings. The molecule has 2 nitrogen and oxygen atoms in total. The van der Waals surface area contributed by atoms with Crippen LogP contribution in [-0.2, 0) is 10.8 Å². The molecular weight excluding hydrogens is 797 g/mol. The van der Waals surface area contributed by atoms with Gasteiger partial charge in [-0.2, -0.15) is 0 Å². The molecule has 0 N–H and O–H groups in total. The average molecular weight is 843 g/mol. The summed E-state index contributed by atoms with van der Waals surface area (Å²) in [6.45, 7) is 4.75. The van der Waals surface area contributed by atoms with Gasteiger partial charge in [-0.25, -0.2) is 0 Å². The summed E-state index contributed by atoms with van der Waals surface area (Å²) in [5.74, 6) is 0. The van der Waals surface area contributed by atoms with Gasteiger partial charge < -0.3 is 9.80 Å². The zero-order valence-electron chi connectivity index (χ0n) is 37.0. The number of nitrogens with zero attached hydrogens (tertiary/aromatic N) is 2. The highest BCUT2D eigenvalue weighted by molar-refractivity contribution is 6.01. The Hall–Kier alpha value is -8.20. The van der Waals surface area contributed by atoms with Gasteiger partial charge in [-0.05, 0) is 115 Å². The summed E-state index contributed by atoms with van der Waals surface area (Å²) in [5.41, 5.74) is 23.9. The van der Waals surface area contributed by atoms with Crippen molar-refractivity contribution in [1.82, 2.24) is 0 Å². The SMILES string of the molecule is CC1(C)c2ccccc2-c2c(N(c3ccc4c(c3)C3(c5ccccc5-4)c4ccccc4N(c4ccccc4)c4ccccc43)c3ccccc3-c3ccc(-c4ccccc4)cc3)cccc21. The highest BCUT2D eigenvalue weighted by Gasteiger charge is 2.52. The summed E-state index contributed by atoms with van der Waals surface area (Å²) in [4.78, 5) is 5.02. The first-order chi connectivity index (χ1) is 32.5. The van der Waals surface area contributed by atoms with Gasteiger partial charge in [0.25, 0.3) is 0 Å². The maximum atomic E-state index is 2.56. The number of para-hydroxylation sites is 4. The van der Waals surface area contributed by atoms with Gasteiger partial charge in [-0.1, -0.05) is 208 Å². The fourth-order valence-corrected chi connectivity index (χ4v) is 11.8. The maximum absolute atomic E-state index is 2.56. The summed E-state index contributed by atoms with van der Waals surface area (Å²) in [6, 6.07) is 90.1. The van der Waals surface area contributed by atoms with Gasteiger partial charge in [0.2, 0.25) is 0 Å². The Balaban J connectivity index is 1.09. The minimum Gasteiger partial charge on any atom is -0.310 e. The molecule has 13 rings (SSSR count). The van der Waals surface area contributed by atoms with Crippen LogP contribution in [0.3, 0.4) is 0 Å². The van der Waals surface area contributed by atoms with Crippen molar-refractivity contribution in [2.24, 2.45) is 0 Å². The highest BCUT2D eigenvalue weighted by Crippen LogP contribution is 2.64. The first-order valence-electron chi connectivity index (χ1n) is 23.1. The maximum Gasteiger partial charge on any atom is 0.0755 e. The molecule has 0 radical (unpaired) electrons. The van der Waals surface area contributed by atoms with Crippen molar-refractivity contribution in [3.63, 3.8) is 0 Å². The van der Waals surface area contributed by atoms with Crippen LogP contribution in [0.5, 0.6) is 0 Å². The van der Waals surface area contributed by atoms with E-state index in [0.717, 1.165) is 17.1 Å². The van der Waals surface area contributed by atoms with Gasteiger partial charge in [0.15, 0.2) is 0 Å². The fourth-order valence-electron chi connectivity index (χ4n) is 11.8. The summed E-state index contributed by atoms with van der Waals surface area (Å²) in [6.07, 6.45) is 0. The van der Waals surface area contributed by atoms with Crippen LogP contribution in [0.15, 0.2) is 243 Å². The van der Waals surface area contributed by atoms with Crippen molar-refractivity contribution in [2.75, 3.05) is 9.80 Å². The minimum absolute atomic E-state index is 0.163. The predicted octanol–water partition coefficient (Wildman–Crippen LogP) is 16.9. The van der Waals surface area contributed by atoms with E-state index in [9.17, 15) is 0 Å². The summed E-state index contributed by atoms with van der Waals surface area (Å²) >= 11 is 0. The predicted molar refractivity (Wildman–Crippen MR) is 275 cm³/mol. The molecule has 2 heteroatoms. The Morgan fingerprint density at radius 1 is 0.333 bits per heavy atom. The molecule has 1 spiro atoms. The lowest BCUT2D eigenvalue weighted by Gasteiger charge is -2.45. The van der Waals surface area contributed by atoms with Crippen molar-refractivity contribution in [1.29, 1.82) is 0 Å². The molecule has 10 aromatic carbocycles. The van der Waals surface area contributed by atoms with Gasteiger partial charge in [0, 0.05) is 27.9 Å². The lowest BCUT2D eigenvalue weighted by atomic mass is 9.64. The summed E-state index contributed by atoms with van der Waals surface area (Å²) < 4.78 is 0. The van der Waals surface area contributed by atoms with Crippen molar-refractivity contribution in [3.8, 4) is 44.5 Å². The van der Waals surface area contributed by atoms with Gasteiger partial charge in [-0.15, -0.1) is 0 Å². The standard InChI is InChI=1S/C64H46N2/c1-63(2)52-27-12-10-26-51(52)62-56(63)31-19-35-61(62)66(58-32-16-11-24-48(58)45-38-36-44(37-39-45)43-20-5-3-6-21-43)47-40-41-50-49-25-9-13-28-53(49)64(57(50)42-47)54-29-14-17-33-59(54)65(46-22-7-4-8-23-46)60-34-18-15-30-55(60)64/h3-42H,1-2H3. The van der Waals surface area contributed by atoms with Crippen molar-refractivity contribution >= 4 is 34.1 Å². The Morgan fingerprint density at radius 2 is 0.833 bits per heavy atom. The second-order valence-corrected chi connectivity index (χ2v) is 18.4. The zero-order valence-corrected chi connectivity index (χ0v) is 37.0. The minimum atomic E-state index is -0.591. The Labute approximate surface area is 387 Å². The third-order valence-corrected chi connectivity index (χ3v) is 14.7. The van der Waals surface area contributed by atoms with E-state index >= 15 is 0 Å². The third kappa shape index (κ3) is 5.42. The molecule has 1 heterocycles. The molecule has 2 aliphatic carbocycles. The smallest absolute Gasteiger partial charge is 0.0755 e. The van der Waals surface area contributed by atoms with E-state index in [2.05, 4.69) is 266 Å². The number of anilines is 6. The highest BCUT2D eigenvalue weighted by atomic mass is 15.2. The molecule has 1 aliphatic heterocycles. The van der Waals surface area contributed by atoms with E-state index in [4.69, 9.17) is 0 Å². The summed E-state index contributed by atoms with van der Waals surface area (Å²) in [5, 5.41) is 0. The van der Waals surface area contributed by atoms with Crippen LogP contribution in [0.25, 0.3) is 44.5 Å². The van der Waals surface area contributed by atoms with E-state index in [1.807, 2.05) is 0 Å². The van der Waals surface area contributed by atoms with Crippen molar-refractivity contribution < 1.29 is 0 Å². The normalized spacial score (nSPS) is 14.1. The lowest BCUT2D eigenvalue weighted by molar-refractivity contribution is 0.660. The zero-order chi connectivity index (χ0) is 44.0. The van der Waals surface area contributed by atoms with Crippen molar-refractivity contribution in [3.05, 3.63) is 276 Å². The lowest BCUT2D eigenvalue weighted by Crippen LogP contribution is -2.36. The molecule has 3 aliphatic rings. The molecule has 0 fully saturated rings. The number of rotatable bonds is 6. The monoisotopic (exact) mass is 842 g/mol. The van der Waals surface area contributed by atoms with E-state index in [1.165, 1.54) is 95.0 Å². The van der Waals surface area contributed by atoms with Crippen LogP contribution in [0, 0.1) is 0 Å². The molecular formula is C64H46N2. The largest absolute Gasteiger partial charge is 0.310 e. The molecule has 0 bridgehead atoms. The molecule has 66 heavy (non-hydrogen) atoms. The fraction of sp³-hybridized carbons (Fsp3) is 0.0625. The van der Waals surface area contributed by atoms with Crippen LogP contribution < -0.4 is 9.80 Å². The van der Waals surface area contributed by atoms with Crippen LogP contribution in [-0.4, -0.2) is 0 Å². The van der Waals surface area contributed by atoms with Crippen LogP contribution in [0.1, 0.15) is 47.2 Å². The Morgan fingerprint density at radius 3 is 1.55 bits per heavy atom. The van der Waals surface area contributed by atoms with E-state index in [0.29, 0.717) is 0 Å². The molecule has 0 unspecified atom stereocenters. The Kier molecular flexibility index (Phi) is 8.51. The van der Waals surface area contributed by atoms with Gasteiger partial charge in [0.1, 0.15) is 0 Å². The van der Waals surface area contributed by atoms with Crippen LogP contribution in [0.4, 0.5) is 34.1 Å². The molecule has 0 saturated carbocycles. The molecule has 0 aromatic heterocycles. The second-order valence-electron chi connectivity index (χ2n) is 18.4. The van der Waals surface area contributed by atoms with Gasteiger partial charge in [-0.3, -0.25) is 0 Å². The van der Waals surface area contributed by atoms with Gasteiger partial charge >= 0.3 is 0 Å².